The number of aliphatic hydroxyl groups is 1. The van der Waals surface area contributed by atoms with E-state index in [0.29, 0.717) is 38.8 Å². The molecule has 0 unspecified atom stereocenters. The molecule has 0 aromatic carbocycles. The molecule has 2 rings (SSSR count). The Morgan fingerprint density at radius 2 is 2.00 bits per heavy atom. The first-order chi connectivity index (χ1) is 10.8. The van der Waals surface area contributed by atoms with Crippen LogP contribution in [0.5, 0.6) is 0 Å². The Morgan fingerprint density at radius 3 is 2.52 bits per heavy atom. The third kappa shape index (κ3) is 3.97. The summed E-state index contributed by atoms with van der Waals surface area (Å²) in [4.78, 5) is 6.29. The van der Waals surface area contributed by atoms with Gasteiger partial charge < -0.3 is 20.1 Å². The molecule has 2 heterocycles. The highest BCUT2D eigenvalue weighted by atomic mass is 32.2. The van der Waals surface area contributed by atoms with E-state index in [2.05, 4.69) is 10.3 Å². The maximum absolute atomic E-state index is 12.1. The third-order valence-electron chi connectivity index (χ3n) is 5.07. The summed E-state index contributed by atoms with van der Waals surface area (Å²) in [6, 6.07) is 0. The van der Waals surface area contributed by atoms with E-state index < -0.39 is 14.6 Å². The van der Waals surface area contributed by atoms with Gasteiger partial charge >= 0.3 is 0 Å². The maximum Gasteiger partial charge on any atom is 0.193 e. The van der Waals surface area contributed by atoms with E-state index >= 15 is 0 Å². The van der Waals surface area contributed by atoms with Gasteiger partial charge in [0, 0.05) is 45.3 Å². The first-order valence-electron chi connectivity index (χ1n) is 8.12. The van der Waals surface area contributed by atoms with Crippen molar-refractivity contribution >= 4 is 15.8 Å². The Labute approximate surface area is 139 Å². The highest BCUT2D eigenvalue weighted by Gasteiger charge is 2.41. The largest absolute Gasteiger partial charge is 0.396 e. The fourth-order valence-electron chi connectivity index (χ4n) is 3.12. The number of aliphatic hydroxyl groups excluding tert-OH is 1. The van der Waals surface area contributed by atoms with E-state index in [4.69, 9.17) is 4.74 Å². The minimum absolute atomic E-state index is 0.111. The number of guanidine groups is 1. The average molecular weight is 347 g/mol. The molecule has 2 N–H and O–H groups in total. The Hall–Kier alpha value is -0.860. The zero-order valence-electron chi connectivity index (χ0n) is 14.3. The molecule has 2 aliphatic heterocycles. The molecule has 0 spiro atoms. The second-order valence-corrected chi connectivity index (χ2v) is 9.91. The predicted molar refractivity (Wildman–Crippen MR) is 90.4 cm³/mol. The van der Waals surface area contributed by atoms with Gasteiger partial charge in [0.05, 0.1) is 17.1 Å². The van der Waals surface area contributed by atoms with E-state index in [1.807, 2.05) is 4.90 Å². The van der Waals surface area contributed by atoms with Crippen LogP contribution < -0.4 is 5.32 Å². The number of nitrogens with one attached hydrogen (secondary N) is 1. The normalized spacial score (nSPS) is 26.8. The van der Waals surface area contributed by atoms with Crippen molar-refractivity contribution in [3.8, 4) is 0 Å². The molecule has 0 aromatic heterocycles. The van der Waals surface area contributed by atoms with Crippen molar-refractivity contribution in [2.24, 2.45) is 10.4 Å². The molecule has 0 amide bonds. The number of nitrogens with zero attached hydrogens (tertiary/aromatic N) is 2. The fraction of sp³-hybridized carbons (Fsp3) is 0.933. The zero-order chi connectivity index (χ0) is 17.1. The van der Waals surface area contributed by atoms with Crippen molar-refractivity contribution in [3.63, 3.8) is 0 Å². The molecule has 23 heavy (non-hydrogen) atoms. The van der Waals surface area contributed by atoms with Gasteiger partial charge in [-0.1, -0.05) is 0 Å². The lowest BCUT2D eigenvalue weighted by molar-refractivity contribution is -0.0134. The topological polar surface area (TPSA) is 91.2 Å². The SMILES string of the molecule is CN=C(NCC1(CO)CCOCC1)N1CCS(=O)(=O)C(C)(C)C1. The minimum atomic E-state index is -3.07. The monoisotopic (exact) mass is 347 g/mol. The second-order valence-electron chi connectivity index (χ2n) is 7.17. The molecular weight excluding hydrogens is 318 g/mol. The molecule has 0 aromatic rings. The molecule has 0 saturated carbocycles. The van der Waals surface area contributed by atoms with Crippen LogP contribution in [0, 0.1) is 5.41 Å². The number of hydrogen-bond acceptors (Lipinski definition) is 5. The summed E-state index contributed by atoms with van der Waals surface area (Å²) in [5.74, 6) is 0.840. The first kappa shape index (κ1) is 18.5. The van der Waals surface area contributed by atoms with Gasteiger partial charge in [0.25, 0.3) is 0 Å². The van der Waals surface area contributed by atoms with Crippen molar-refractivity contribution in [2.75, 3.05) is 52.3 Å². The molecule has 2 aliphatic rings. The number of aliphatic imine (C=N–C) groups is 1. The van der Waals surface area contributed by atoms with Crippen LogP contribution in [0.15, 0.2) is 4.99 Å². The Kier molecular flexibility index (Phi) is 5.58. The number of ether oxygens (including phenoxy) is 1. The zero-order valence-corrected chi connectivity index (χ0v) is 15.2. The summed E-state index contributed by atoms with van der Waals surface area (Å²) in [6.45, 7) is 6.44. The minimum Gasteiger partial charge on any atom is -0.396 e. The molecule has 0 aliphatic carbocycles. The average Bonchev–Trinajstić information content (AvgIpc) is 2.52. The van der Waals surface area contributed by atoms with Gasteiger partial charge in [-0.25, -0.2) is 8.42 Å². The lowest BCUT2D eigenvalue weighted by Gasteiger charge is -2.41. The molecule has 0 radical (unpaired) electrons. The van der Waals surface area contributed by atoms with Gasteiger partial charge in [-0.3, -0.25) is 4.99 Å². The van der Waals surface area contributed by atoms with Crippen LogP contribution in [0.2, 0.25) is 0 Å². The molecule has 7 nitrogen and oxygen atoms in total. The smallest absolute Gasteiger partial charge is 0.193 e. The second kappa shape index (κ2) is 6.94. The molecule has 2 fully saturated rings. The summed E-state index contributed by atoms with van der Waals surface area (Å²) in [5.41, 5.74) is -0.189. The quantitative estimate of drug-likeness (QED) is 0.545. The van der Waals surface area contributed by atoms with Gasteiger partial charge in [-0.05, 0) is 26.7 Å². The molecule has 0 atom stereocenters. The summed E-state index contributed by atoms with van der Waals surface area (Å²) in [7, 11) is -1.37. The summed E-state index contributed by atoms with van der Waals surface area (Å²) in [5, 5.41) is 13.1. The first-order valence-corrected chi connectivity index (χ1v) is 9.77. The van der Waals surface area contributed by atoms with Crippen LogP contribution in [0.4, 0.5) is 0 Å². The van der Waals surface area contributed by atoms with Crippen LogP contribution in [-0.4, -0.2) is 81.4 Å². The van der Waals surface area contributed by atoms with Crippen LogP contribution in [0.25, 0.3) is 0 Å². The van der Waals surface area contributed by atoms with E-state index in [1.165, 1.54) is 0 Å². The fourth-order valence-corrected chi connectivity index (χ4v) is 4.48. The van der Waals surface area contributed by atoms with Crippen molar-refractivity contribution in [3.05, 3.63) is 0 Å². The van der Waals surface area contributed by atoms with Crippen LogP contribution in [-0.2, 0) is 14.6 Å². The Bertz CT molecular complexity index is 539. The molecule has 2 saturated heterocycles. The molecular formula is C15H29N3O4S. The Balaban J connectivity index is 2.01. The van der Waals surface area contributed by atoms with Crippen molar-refractivity contribution < 1.29 is 18.3 Å². The van der Waals surface area contributed by atoms with Gasteiger partial charge in [0.1, 0.15) is 0 Å². The van der Waals surface area contributed by atoms with Gasteiger partial charge in [-0.2, -0.15) is 0 Å². The van der Waals surface area contributed by atoms with E-state index in [1.54, 1.807) is 20.9 Å². The highest BCUT2D eigenvalue weighted by molar-refractivity contribution is 7.92. The van der Waals surface area contributed by atoms with Crippen LogP contribution in [0.3, 0.4) is 0 Å². The molecule has 0 bridgehead atoms. The summed E-state index contributed by atoms with van der Waals surface area (Å²) >= 11 is 0. The van der Waals surface area contributed by atoms with E-state index in [-0.39, 0.29) is 17.8 Å². The van der Waals surface area contributed by atoms with E-state index in [9.17, 15) is 13.5 Å². The third-order valence-corrected chi connectivity index (χ3v) is 7.60. The number of rotatable bonds is 3. The van der Waals surface area contributed by atoms with Crippen LogP contribution in [0.1, 0.15) is 26.7 Å². The lowest BCUT2D eigenvalue weighted by Crippen LogP contribution is -2.58. The standard InChI is InChI=1S/C15H29N3O4S/c1-14(2)11-18(6-9-23(14,20)21)13(16-3)17-10-15(12-19)4-7-22-8-5-15/h19H,4-12H2,1-3H3,(H,16,17). The van der Waals surface area contributed by atoms with Crippen LogP contribution >= 0.6 is 0 Å². The summed E-state index contributed by atoms with van der Waals surface area (Å²) < 4.78 is 28.9. The Morgan fingerprint density at radius 1 is 1.35 bits per heavy atom. The highest BCUT2D eigenvalue weighted by Crippen LogP contribution is 2.29. The maximum atomic E-state index is 12.1. The van der Waals surface area contributed by atoms with E-state index in [0.717, 1.165) is 12.8 Å². The molecule has 8 heteroatoms. The predicted octanol–water partition coefficient (Wildman–Crippen LogP) is -0.140. The van der Waals surface area contributed by atoms with Gasteiger partial charge in [0.15, 0.2) is 15.8 Å². The lowest BCUT2D eigenvalue weighted by atomic mass is 9.81. The van der Waals surface area contributed by atoms with Gasteiger partial charge in [-0.15, -0.1) is 0 Å². The number of sulfone groups is 1. The van der Waals surface area contributed by atoms with Crippen molar-refractivity contribution in [1.29, 1.82) is 0 Å². The van der Waals surface area contributed by atoms with Crippen molar-refractivity contribution in [1.82, 2.24) is 10.2 Å². The summed E-state index contributed by atoms with van der Waals surface area (Å²) in [6.07, 6.45) is 1.63. The number of hydrogen-bond donors (Lipinski definition) is 2. The van der Waals surface area contributed by atoms with Gasteiger partial charge in [0.2, 0.25) is 0 Å². The van der Waals surface area contributed by atoms with Crippen molar-refractivity contribution in [2.45, 2.75) is 31.4 Å². The molecule has 134 valence electrons.